The molecule has 0 N–H and O–H groups in total. The molecule has 0 aliphatic rings. The van der Waals surface area contributed by atoms with Crippen molar-refractivity contribution in [2.75, 3.05) is 0 Å². The highest BCUT2D eigenvalue weighted by Crippen LogP contribution is 2.20. The zero-order valence-corrected chi connectivity index (χ0v) is 7.44. The Morgan fingerprint density at radius 2 is 2.18 bits per heavy atom. The summed E-state index contributed by atoms with van der Waals surface area (Å²) in [5, 5.41) is 8.59. The molecule has 0 heterocycles. The molecule has 0 atom stereocenters. The quantitative estimate of drug-likeness (QED) is 0.651. The highest BCUT2D eigenvalue weighted by atomic mass is 79.9. The largest absolute Gasteiger partial charge is 0.207 e. The Bertz CT molecular complexity index is 304. The van der Waals surface area contributed by atoms with Crippen LogP contribution in [0.5, 0.6) is 0 Å². The first kappa shape index (κ1) is 8.22. The summed E-state index contributed by atoms with van der Waals surface area (Å²) < 4.78 is 13.1. The summed E-state index contributed by atoms with van der Waals surface area (Å²) in [5.74, 6) is -0.326. The van der Waals surface area contributed by atoms with Crippen molar-refractivity contribution in [1.82, 2.24) is 0 Å². The zero-order chi connectivity index (χ0) is 8.43. The van der Waals surface area contributed by atoms with Crippen molar-refractivity contribution in [3.05, 3.63) is 33.5 Å². The van der Waals surface area contributed by atoms with Crippen LogP contribution in [-0.4, -0.2) is 0 Å². The second kappa shape index (κ2) is 3.02. The van der Waals surface area contributed by atoms with Gasteiger partial charge in [-0.25, -0.2) is 4.39 Å². The summed E-state index contributed by atoms with van der Waals surface area (Å²) in [7, 11) is 0. The van der Waals surface area contributed by atoms with Crippen LogP contribution < -0.4 is 0 Å². The molecule has 0 fully saturated rings. The lowest BCUT2D eigenvalue weighted by Crippen LogP contribution is -1.86. The molecule has 0 radical (unpaired) electrons. The Morgan fingerprint density at radius 1 is 1.55 bits per heavy atom. The summed E-state index contributed by atoms with van der Waals surface area (Å²) in [5.41, 5.74) is 1.14. The molecular formula is C8H5BrFN. The average molecular weight is 214 g/mol. The minimum atomic E-state index is -0.326. The highest BCUT2D eigenvalue weighted by Gasteiger charge is 2.04. The Hall–Kier alpha value is -0.880. The molecule has 0 aliphatic carbocycles. The number of hydrogen-bond acceptors (Lipinski definition) is 1. The Labute approximate surface area is 72.6 Å². The Morgan fingerprint density at radius 3 is 2.64 bits per heavy atom. The standard InChI is InChI=1S/C8H5BrFN/c1-5-2-6(10)3-8(9)7(5)4-11/h2-3H,1H3. The fourth-order valence-electron chi connectivity index (χ4n) is 0.844. The third kappa shape index (κ3) is 1.58. The van der Waals surface area contributed by atoms with Gasteiger partial charge in [0.15, 0.2) is 0 Å². The fraction of sp³-hybridized carbons (Fsp3) is 0.125. The first-order valence-electron chi connectivity index (χ1n) is 3.01. The zero-order valence-electron chi connectivity index (χ0n) is 5.86. The molecule has 0 aromatic heterocycles. The first-order valence-corrected chi connectivity index (χ1v) is 3.80. The van der Waals surface area contributed by atoms with E-state index in [1.54, 1.807) is 6.92 Å². The van der Waals surface area contributed by atoms with Gasteiger partial charge in [-0.15, -0.1) is 0 Å². The summed E-state index contributed by atoms with van der Waals surface area (Å²) in [6.45, 7) is 1.70. The molecule has 0 amide bonds. The third-order valence-electron chi connectivity index (χ3n) is 1.36. The van der Waals surface area contributed by atoms with Crippen molar-refractivity contribution < 1.29 is 4.39 Å². The van der Waals surface area contributed by atoms with Gasteiger partial charge in [-0.1, -0.05) is 0 Å². The lowest BCUT2D eigenvalue weighted by molar-refractivity contribution is 0.625. The maximum absolute atomic E-state index is 12.6. The number of nitriles is 1. The molecule has 0 saturated carbocycles. The lowest BCUT2D eigenvalue weighted by Gasteiger charge is -1.98. The highest BCUT2D eigenvalue weighted by molar-refractivity contribution is 9.10. The van der Waals surface area contributed by atoms with E-state index in [4.69, 9.17) is 5.26 Å². The third-order valence-corrected chi connectivity index (χ3v) is 1.99. The van der Waals surface area contributed by atoms with Crippen LogP contribution in [0.15, 0.2) is 16.6 Å². The molecule has 1 aromatic rings. The molecule has 0 unspecified atom stereocenters. The van der Waals surface area contributed by atoms with Crippen LogP contribution in [0.4, 0.5) is 4.39 Å². The van der Waals surface area contributed by atoms with Gasteiger partial charge in [-0.05, 0) is 40.5 Å². The minimum absolute atomic E-state index is 0.326. The molecule has 0 saturated heterocycles. The molecule has 1 aromatic carbocycles. The number of nitrogens with zero attached hydrogens (tertiary/aromatic N) is 1. The molecule has 11 heavy (non-hydrogen) atoms. The summed E-state index contributed by atoms with van der Waals surface area (Å²) in [6, 6.07) is 4.60. The van der Waals surface area contributed by atoms with E-state index in [0.717, 1.165) is 0 Å². The second-order valence-corrected chi connectivity index (χ2v) is 3.05. The normalized spacial score (nSPS) is 9.27. The molecule has 56 valence electrons. The van der Waals surface area contributed by atoms with Gasteiger partial charge in [0.25, 0.3) is 0 Å². The van der Waals surface area contributed by atoms with Gasteiger partial charge in [-0.3, -0.25) is 0 Å². The van der Waals surface area contributed by atoms with E-state index in [-0.39, 0.29) is 5.82 Å². The number of aryl methyl sites for hydroxylation is 1. The topological polar surface area (TPSA) is 23.8 Å². The van der Waals surface area contributed by atoms with Crippen molar-refractivity contribution >= 4 is 15.9 Å². The van der Waals surface area contributed by atoms with Crippen molar-refractivity contribution in [3.8, 4) is 6.07 Å². The number of rotatable bonds is 0. The lowest BCUT2D eigenvalue weighted by atomic mass is 10.1. The van der Waals surface area contributed by atoms with E-state index >= 15 is 0 Å². The van der Waals surface area contributed by atoms with Crippen LogP contribution in [0.3, 0.4) is 0 Å². The Kier molecular flexibility index (Phi) is 2.25. The molecule has 0 bridgehead atoms. The summed E-state index contributed by atoms with van der Waals surface area (Å²) in [4.78, 5) is 0. The van der Waals surface area contributed by atoms with Crippen LogP contribution in [0.1, 0.15) is 11.1 Å². The van der Waals surface area contributed by atoms with Crippen molar-refractivity contribution in [2.45, 2.75) is 6.92 Å². The number of hydrogen-bond donors (Lipinski definition) is 0. The average Bonchev–Trinajstić information content (AvgIpc) is 1.85. The van der Waals surface area contributed by atoms with Crippen LogP contribution in [0.2, 0.25) is 0 Å². The Balaban J connectivity index is 3.40. The first-order chi connectivity index (χ1) is 5.15. The van der Waals surface area contributed by atoms with E-state index in [1.165, 1.54) is 12.1 Å². The van der Waals surface area contributed by atoms with Gasteiger partial charge in [0.1, 0.15) is 11.9 Å². The van der Waals surface area contributed by atoms with E-state index in [1.807, 2.05) is 6.07 Å². The molecule has 1 nitrogen and oxygen atoms in total. The fourth-order valence-corrected chi connectivity index (χ4v) is 1.46. The molecule has 3 heteroatoms. The van der Waals surface area contributed by atoms with Gasteiger partial charge < -0.3 is 0 Å². The van der Waals surface area contributed by atoms with E-state index in [2.05, 4.69) is 15.9 Å². The van der Waals surface area contributed by atoms with E-state index in [0.29, 0.717) is 15.6 Å². The summed E-state index contributed by atoms with van der Waals surface area (Å²) >= 11 is 3.10. The van der Waals surface area contributed by atoms with E-state index < -0.39 is 0 Å². The predicted octanol–water partition coefficient (Wildman–Crippen LogP) is 2.77. The molecular weight excluding hydrogens is 209 g/mol. The predicted molar refractivity (Wildman–Crippen MR) is 43.6 cm³/mol. The van der Waals surface area contributed by atoms with E-state index in [9.17, 15) is 4.39 Å². The van der Waals surface area contributed by atoms with Gasteiger partial charge in [0.2, 0.25) is 0 Å². The van der Waals surface area contributed by atoms with Crippen LogP contribution in [0.25, 0.3) is 0 Å². The van der Waals surface area contributed by atoms with Gasteiger partial charge in [-0.2, -0.15) is 5.26 Å². The van der Waals surface area contributed by atoms with Gasteiger partial charge >= 0.3 is 0 Å². The monoisotopic (exact) mass is 213 g/mol. The van der Waals surface area contributed by atoms with Crippen molar-refractivity contribution in [2.24, 2.45) is 0 Å². The smallest absolute Gasteiger partial charge is 0.124 e. The number of benzene rings is 1. The second-order valence-electron chi connectivity index (χ2n) is 2.19. The minimum Gasteiger partial charge on any atom is -0.207 e. The molecule has 1 rings (SSSR count). The maximum atomic E-state index is 12.6. The molecule has 0 spiro atoms. The molecule has 0 aliphatic heterocycles. The van der Waals surface area contributed by atoms with Crippen LogP contribution in [-0.2, 0) is 0 Å². The SMILES string of the molecule is Cc1cc(F)cc(Br)c1C#N. The van der Waals surface area contributed by atoms with Gasteiger partial charge in [0, 0.05) is 4.47 Å². The maximum Gasteiger partial charge on any atom is 0.124 e. The number of halogens is 2. The van der Waals surface area contributed by atoms with Crippen molar-refractivity contribution in [3.63, 3.8) is 0 Å². The van der Waals surface area contributed by atoms with Gasteiger partial charge in [0.05, 0.1) is 5.56 Å². The van der Waals surface area contributed by atoms with Crippen LogP contribution >= 0.6 is 15.9 Å². The van der Waals surface area contributed by atoms with Crippen LogP contribution in [0, 0.1) is 24.1 Å². The summed E-state index contributed by atoms with van der Waals surface area (Å²) in [6.07, 6.45) is 0. The van der Waals surface area contributed by atoms with Crippen molar-refractivity contribution in [1.29, 1.82) is 5.26 Å².